The van der Waals surface area contributed by atoms with E-state index in [9.17, 15) is 0 Å². The maximum Gasteiger partial charge on any atom is 0.120 e. The van der Waals surface area contributed by atoms with Crippen LogP contribution >= 0.6 is 23.2 Å². The molecule has 90 valence electrons. The van der Waals surface area contributed by atoms with Crippen LogP contribution in [0.15, 0.2) is 18.2 Å². The third-order valence-corrected chi connectivity index (χ3v) is 2.97. The molecule has 16 heavy (non-hydrogen) atoms. The average Bonchev–Trinajstić information content (AvgIpc) is 2.28. The van der Waals surface area contributed by atoms with Gasteiger partial charge in [-0.1, -0.05) is 23.2 Å². The van der Waals surface area contributed by atoms with Gasteiger partial charge in [0.1, 0.15) is 5.75 Å². The molecule has 1 rings (SSSR count). The van der Waals surface area contributed by atoms with E-state index in [2.05, 4.69) is 5.32 Å². The maximum atomic E-state index is 5.87. The van der Waals surface area contributed by atoms with Gasteiger partial charge in [0, 0.05) is 6.07 Å². The molecule has 0 radical (unpaired) electrons. The van der Waals surface area contributed by atoms with Crippen molar-refractivity contribution in [2.24, 2.45) is 0 Å². The molecule has 2 nitrogen and oxygen atoms in total. The summed E-state index contributed by atoms with van der Waals surface area (Å²) in [5, 5.41) is 4.21. The van der Waals surface area contributed by atoms with Crippen molar-refractivity contribution in [3.8, 4) is 5.75 Å². The number of halogens is 2. The molecule has 0 saturated carbocycles. The van der Waals surface area contributed by atoms with E-state index in [1.165, 1.54) is 12.8 Å². The van der Waals surface area contributed by atoms with Crippen LogP contribution in [0, 0.1) is 0 Å². The summed E-state index contributed by atoms with van der Waals surface area (Å²) in [6.45, 7) is 1.79. The predicted octanol–water partition coefficient (Wildman–Crippen LogP) is 3.76. The molecule has 4 heteroatoms. The molecule has 0 heterocycles. The molecule has 0 atom stereocenters. The second-order valence-corrected chi connectivity index (χ2v) is 4.40. The highest BCUT2D eigenvalue weighted by Gasteiger charge is 1.99. The van der Waals surface area contributed by atoms with Gasteiger partial charge >= 0.3 is 0 Å². The molecular weight excluding hydrogens is 245 g/mol. The van der Waals surface area contributed by atoms with Crippen LogP contribution in [0.4, 0.5) is 0 Å². The minimum atomic E-state index is 0.536. The van der Waals surface area contributed by atoms with E-state index in [0.717, 1.165) is 25.3 Å². The van der Waals surface area contributed by atoms with Crippen LogP contribution in [0.3, 0.4) is 0 Å². The zero-order valence-electron chi connectivity index (χ0n) is 9.43. The normalized spacial score (nSPS) is 10.4. The third kappa shape index (κ3) is 5.06. The Morgan fingerprint density at radius 2 is 1.94 bits per heavy atom. The molecule has 1 N–H and O–H groups in total. The minimum absolute atomic E-state index is 0.536. The second kappa shape index (κ2) is 7.77. The Hall–Kier alpha value is -0.440. The summed E-state index contributed by atoms with van der Waals surface area (Å²) >= 11 is 11.7. The molecule has 0 amide bonds. The lowest BCUT2D eigenvalue weighted by atomic mass is 10.2. The van der Waals surface area contributed by atoms with Gasteiger partial charge in [-0.2, -0.15) is 0 Å². The molecule has 0 aromatic heterocycles. The highest BCUT2D eigenvalue weighted by molar-refractivity contribution is 6.42. The molecule has 0 aliphatic carbocycles. The standard InChI is InChI=1S/C12H17Cl2NO/c1-15-7-3-2-4-8-16-10-5-6-11(13)12(14)9-10/h5-6,9,15H,2-4,7-8H2,1H3. The van der Waals surface area contributed by atoms with Crippen LogP contribution in [-0.4, -0.2) is 20.2 Å². The first-order chi connectivity index (χ1) is 7.74. The van der Waals surface area contributed by atoms with Crippen molar-refractivity contribution >= 4 is 23.2 Å². The van der Waals surface area contributed by atoms with Crippen molar-refractivity contribution in [1.82, 2.24) is 5.32 Å². The van der Waals surface area contributed by atoms with Gasteiger partial charge in [-0.15, -0.1) is 0 Å². The summed E-state index contributed by atoms with van der Waals surface area (Å²) in [6, 6.07) is 5.33. The molecule has 0 fully saturated rings. The average molecular weight is 262 g/mol. The molecule has 0 aliphatic heterocycles. The van der Waals surface area contributed by atoms with E-state index in [4.69, 9.17) is 27.9 Å². The smallest absolute Gasteiger partial charge is 0.120 e. The van der Waals surface area contributed by atoms with Crippen LogP contribution in [0.2, 0.25) is 10.0 Å². The highest BCUT2D eigenvalue weighted by atomic mass is 35.5. The predicted molar refractivity (Wildman–Crippen MR) is 69.7 cm³/mol. The van der Waals surface area contributed by atoms with E-state index in [1.54, 1.807) is 12.1 Å². The largest absolute Gasteiger partial charge is 0.494 e. The first kappa shape index (κ1) is 13.6. The van der Waals surface area contributed by atoms with Crippen LogP contribution in [0.25, 0.3) is 0 Å². The van der Waals surface area contributed by atoms with Gasteiger partial charge in [0.2, 0.25) is 0 Å². The topological polar surface area (TPSA) is 21.3 Å². The summed E-state index contributed by atoms with van der Waals surface area (Å²) in [6.07, 6.45) is 3.41. The van der Waals surface area contributed by atoms with Crippen LogP contribution in [0.5, 0.6) is 5.75 Å². The Balaban J connectivity index is 2.19. The number of rotatable bonds is 7. The minimum Gasteiger partial charge on any atom is -0.494 e. The number of hydrogen-bond donors (Lipinski definition) is 1. The molecular formula is C12H17Cl2NO. The van der Waals surface area contributed by atoms with E-state index < -0.39 is 0 Å². The number of unbranched alkanes of at least 4 members (excludes halogenated alkanes) is 2. The van der Waals surface area contributed by atoms with Crippen LogP contribution < -0.4 is 10.1 Å². The molecule has 1 aromatic carbocycles. The van der Waals surface area contributed by atoms with Crippen molar-refractivity contribution in [1.29, 1.82) is 0 Å². The van der Waals surface area contributed by atoms with Gasteiger partial charge in [0.15, 0.2) is 0 Å². The zero-order valence-corrected chi connectivity index (χ0v) is 10.9. The Labute approximate surface area is 107 Å². The highest BCUT2D eigenvalue weighted by Crippen LogP contribution is 2.26. The molecule has 0 bridgehead atoms. The maximum absolute atomic E-state index is 5.87. The first-order valence-corrected chi connectivity index (χ1v) is 6.22. The third-order valence-electron chi connectivity index (χ3n) is 2.23. The Bertz CT molecular complexity index is 318. The Kier molecular flexibility index (Phi) is 6.62. The van der Waals surface area contributed by atoms with Gasteiger partial charge in [0.25, 0.3) is 0 Å². The van der Waals surface area contributed by atoms with E-state index >= 15 is 0 Å². The van der Waals surface area contributed by atoms with Crippen molar-refractivity contribution in [2.45, 2.75) is 19.3 Å². The fourth-order valence-corrected chi connectivity index (χ4v) is 1.63. The number of ether oxygens (including phenoxy) is 1. The molecule has 0 spiro atoms. The summed E-state index contributed by atoms with van der Waals surface area (Å²) < 4.78 is 5.56. The van der Waals surface area contributed by atoms with Crippen LogP contribution in [-0.2, 0) is 0 Å². The number of nitrogens with one attached hydrogen (secondary N) is 1. The number of hydrogen-bond acceptors (Lipinski definition) is 2. The molecule has 1 aromatic rings. The van der Waals surface area contributed by atoms with Crippen molar-refractivity contribution in [3.05, 3.63) is 28.2 Å². The van der Waals surface area contributed by atoms with Gasteiger partial charge in [-0.3, -0.25) is 0 Å². The summed E-state index contributed by atoms with van der Waals surface area (Å²) in [5.41, 5.74) is 0. The van der Waals surface area contributed by atoms with Gasteiger partial charge in [-0.25, -0.2) is 0 Å². The van der Waals surface area contributed by atoms with Crippen molar-refractivity contribution in [3.63, 3.8) is 0 Å². The summed E-state index contributed by atoms with van der Waals surface area (Å²) in [7, 11) is 1.96. The van der Waals surface area contributed by atoms with E-state index in [1.807, 2.05) is 13.1 Å². The summed E-state index contributed by atoms with van der Waals surface area (Å²) in [4.78, 5) is 0. The van der Waals surface area contributed by atoms with E-state index in [0.29, 0.717) is 10.0 Å². The lowest BCUT2D eigenvalue weighted by Crippen LogP contribution is -2.07. The Morgan fingerprint density at radius 3 is 2.62 bits per heavy atom. The fourth-order valence-electron chi connectivity index (χ4n) is 1.34. The van der Waals surface area contributed by atoms with E-state index in [-0.39, 0.29) is 0 Å². The lowest BCUT2D eigenvalue weighted by molar-refractivity contribution is 0.305. The molecule has 0 saturated heterocycles. The van der Waals surface area contributed by atoms with Gasteiger partial charge in [-0.05, 0) is 45.0 Å². The zero-order chi connectivity index (χ0) is 11.8. The van der Waals surface area contributed by atoms with Crippen molar-refractivity contribution in [2.75, 3.05) is 20.2 Å². The fraction of sp³-hybridized carbons (Fsp3) is 0.500. The molecule has 0 unspecified atom stereocenters. The SMILES string of the molecule is CNCCCCCOc1ccc(Cl)c(Cl)c1. The van der Waals surface area contributed by atoms with Gasteiger partial charge < -0.3 is 10.1 Å². The monoisotopic (exact) mass is 261 g/mol. The Morgan fingerprint density at radius 1 is 1.12 bits per heavy atom. The van der Waals surface area contributed by atoms with Crippen LogP contribution in [0.1, 0.15) is 19.3 Å². The quantitative estimate of drug-likeness (QED) is 0.755. The lowest BCUT2D eigenvalue weighted by Gasteiger charge is -2.06. The molecule has 0 aliphatic rings. The van der Waals surface area contributed by atoms with Gasteiger partial charge in [0.05, 0.1) is 16.7 Å². The number of benzene rings is 1. The van der Waals surface area contributed by atoms with Crippen molar-refractivity contribution < 1.29 is 4.74 Å². The first-order valence-electron chi connectivity index (χ1n) is 5.46. The summed E-state index contributed by atoms with van der Waals surface area (Å²) in [5.74, 6) is 0.781. The second-order valence-electron chi connectivity index (χ2n) is 3.59.